The predicted octanol–water partition coefficient (Wildman–Crippen LogP) is 3.82. The molecule has 2 rings (SSSR count). The molecule has 1 aromatic carbocycles. The van der Waals surface area contributed by atoms with Gasteiger partial charge in [-0.05, 0) is 53.0 Å². The van der Waals surface area contributed by atoms with Crippen molar-refractivity contribution in [2.24, 2.45) is 0 Å². The molecule has 0 aliphatic carbocycles. The molecular formula is C13H11BrN2O4. The highest BCUT2D eigenvalue weighted by atomic mass is 79.9. The molecule has 0 aliphatic rings. The van der Waals surface area contributed by atoms with Crippen LogP contribution in [0.5, 0.6) is 0 Å². The first-order valence-electron chi connectivity index (χ1n) is 5.70. The highest BCUT2D eigenvalue weighted by Gasteiger charge is 2.20. The van der Waals surface area contributed by atoms with Crippen LogP contribution in [0.4, 0.5) is 11.4 Å². The van der Waals surface area contributed by atoms with E-state index in [2.05, 4.69) is 21.2 Å². The zero-order valence-electron chi connectivity index (χ0n) is 10.8. The van der Waals surface area contributed by atoms with Gasteiger partial charge in [0.05, 0.1) is 16.7 Å². The third-order valence-electron chi connectivity index (χ3n) is 2.92. The summed E-state index contributed by atoms with van der Waals surface area (Å²) >= 11 is 3.09. The van der Waals surface area contributed by atoms with E-state index in [4.69, 9.17) is 4.42 Å². The number of hydrogen-bond acceptors (Lipinski definition) is 4. The Hall–Kier alpha value is -2.15. The summed E-state index contributed by atoms with van der Waals surface area (Å²) in [6.45, 7) is 3.60. The number of aryl methyl sites for hydroxylation is 2. The SMILES string of the molecule is Cc1cc(NC(=O)c2ccoc2Br)c([N+](=O)[O-])cc1C. The number of rotatable bonds is 3. The topological polar surface area (TPSA) is 85.4 Å². The molecule has 2 aromatic rings. The van der Waals surface area contributed by atoms with Crippen molar-refractivity contribution in [3.8, 4) is 0 Å². The Kier molecular flexibility index (Phi) is 3.89. The van der Waals surface area contributed by atoms with Gasteiger partial charge in [-0.15, -0.1) is 0 Å². The molecule has 0 unspecified atom stereocenters. The van der Waals surface area contributed by atoms with Crippen LogP contribution in [0, 0.1) is 24.0 Å². The maximum Gasteiger partial charge on any atom is 0.293 e. The Balaban J connectivity index is 2.38. The minimum absolute atomic E-state index is 0.138. The van der Waals surface area contributed by atoms with Gasteiger partial charge in [0.15, 0.2) is 4.67 Å². The first-order valence-corrected chi connectivity index (χ1v) is 6.49. The quantitative estimate of drug-likeness (QED) is 0.680. The first-order chi connectivity index (χ1) is 9.40. The highest BCUT2D eigenvalue weighted by molar-refractivity contribution is 9.10. The fourth-order valence-electron chi connectivity index (χ4n) is 1.70. The van der Waals surface area contributed by atoms with Gasteiger partial charge < -0.3 is 9.73 Å². The summed E-state index contributed by atoms with van der Waals surface area (Å²) in [5.41, 5.74) is 1.95. The number of carbonyl (C=O) groups excluding carboxylic acids is 1. The Morgan fingerprint density at radius 2 is 2.00 bits per heavy atom. The van der Waals surface area contributed by atoms with Crippen LogP contribution in [0.2, 0.25) is 0 Å². The molecular weight excluding hydrogens is 328 g/mol. The standard InChI is InChI=1S/C13H11BrN2O4/c1-7-5-10(11(16(18)19)6-8(7)2)15-13(17)9-3-4-20-12(9)14/h3-6H,1-2H3,(H,15,17). The van der Waals surface area contributed by atoms with E-state index in [0.29, 0.717) is 0 Å². The monoisotopic (exact) mass is 338 g/mol. The van der Waals surface area contributed by atoms with Crippen molar-refractivity contribution >= 4 is 33.2 Å². The summed E-state index contributed by atoms with van der Waals surface area (Å²) in [6.07, 6.45) is 1.35. The number of furan rings is 1. The zero-order valence-corrected chi connectivity index (χ0v) is 12.4. The van der Waals surface area contributed by atoms with Gasteiger partial charge in [-0.25, -0.2) is 0 Å². The molecule has 7 heteroatoms. The van der Waals surface area contributed by atoms with E-state index in [1.807, 2.05) is 6.92 Å². The molecule has 0 aliphatic heterocycles. The number of carbonyl (C=O) groups is 1. The molecule has 0 saturated carbocycles. The number of nitrogens with zero attached hydrogens (tertiary/aromatic N) is 1. The summed E-state index contributed by atoms with van der Waals surface area (Å²) in [7, 11) is 0. The van der Waals surface area contributed by atoms with Crippen molar-refractivity contribution in [1.29, 1.82) is 0 Å². The zero-order chi connectivity index (χ0) is 14.9. The van der Waals surface area contributed by atoms with Crippen LogP contribution < -0.4 is 5.32 Å². The van der Waals surface area contributed by atoms with E-state index in [1.165, 1.54) is 18.4 Å². The van der Waals surface area contributed by atoms with Crippen LogP contribution in [0.25, 0.3) is 0 Å². The molecule has 1 N–H and O–H groups in total. The summed E-state index contributed by atoms with van der Waals surface area (Å²) in [5, 5.41) is 13.6. The van der Waals surface area contributed by atoms with Crippen LogP contribution >= 0.6 is 15.9 Å². The Morgan fingerprint density at radius 3 is 2.55 bits per heavy atom. The molecule has 0 spiro atoms. The smallest absolute Gasteiger partial charge is 0.293 e. The second-order valence-electron chi connectivity index (χ2n) is 4.27. The lowest BCUT2D eigenvalue weighted by Gasteiger charge is -2.08. The van der Waals surface area contributed by atoms with Crippen LogP contribution in [0.15, 0.2) is 33.5 Å². The van der Waals surface area contributed by atoms with Gasteiger partial charge in [0.1, 0.15) is 5.69 Å². The van der Waals surface area contributed by atoms with Crippen molar-refractivity contribution in [2.75, 3.05) is 5.32 Å². The van der Waals surface area contributed by atoms with E-state index in [0.717, 1.165) is 11.1 Å². The van der Waals surface area contributed by atoms with E-state index in [-0.39, 0.29) is 21.6 Å². The molecule has 6 nitrogen and oxygen atoms in total. The molecule has 0 saturated heterocycles. The normalized spacial score (nSPS) is 10.3. The second kappa shape index (κ2) is 5.46. The Labute approximate surface area is 123 Å². The number of halogens is 1. The highest BCUT2D eigenvalue weighted by Crippen LogP contribution is 2.29. The fourth-order valence-corrected chi connectivity index (χ4v) is 2.12. The largest absolute Gasteiger partial charge is 0.457 e. The van der Waals surface area contributed by atoms with E-state index < -0.39 is 10.8 Å². The Morgan fingerprint density at radius 1 is 1.35 bits per heavy atom. The molecule has 1 heterocycles. The molecule has 0 fully saturated rings. The summed E-state index contributed by atoms with van der Waals surface area (Å²) in [5.74, 6) is -0.475. The molecule has 0 atom stereocenters. The van der Waals surface area contributed by atoms with Crippen molar-refractivity contribution in [1.82, 2.24) is 0 Å². The molecule has 20 heavy (non-hydrogen) atoms. The average Bonchev–Trinajstić information content (AvgIpc) is 2.79. The van der Waals surface area contributed by atoms with Gasteiger partial charge in [-0.2, -0.15) is 0 Å². The number of amides is 1. The third-order valence-corrected chi connectivity index (χ3v) is 3.53. The van der Waals surface area contributed by atoms with Crippen LogP contribution in [-0.2, 0) is 0 Å². The van der Waals surface area contributed by atoms with Crippen LogP contribution in [-0.4, -0.2) is 10.8 Å². The van der Waals surface area contributed by atoms with Crippen LogP contribution in [0.3, 0.4) is 0 Å². The molecule has 1 amide bonds. The second-order valence-corrected chi connectivity index (χ2v) is 4.99. The summed E-state index contributed by atoms with van der Waals surface area (Å²) in [4.78, 5) is 22.6. The van der Waals surface area contributed by atoms with Gasteiger partial charge in [0.2, 0.25) is 0 Å². The van der Waals surface area contributed by atoms with Crippen molar-refractivity contribution in [3.05, 3.63) is 55.9 Å². The number of benzene rings is 1. The molecule has 1 aromatic heterocycles. The van der Waals surface area contributed by atoms with Gasteiger partial charge in [0.25, 0.3) is 11.6 Å². The number of anilines is 1. The van der Waals surface area contributed by atoms with Crippen molar-refractivity contribution in [3.63, 3.8) is 0 Å². The number of hydrogen-bond donors (Lipinski definition) is 1. The van der Waals surface area contributed by atoms with Crippen molar-refractivity contribution < 1.29 is 14.1 Å². The van der Waals surface area contributed by atoms with E-state index >= 15 is 0 Å². The van der Waals surface area contributed by atoms with Crippen LogP contribution in [0.1, 0.15) is 21.5 Å². The lowest BCUT2D eigenvalue weighted by Crippen LogP contribution is -2.13. The minimum Gasteiger partial charge on any atom is -0.457 e. The molecule has 104 valence electrons. The third kappa shape index (κ3) is 2.72. The summed E-state index contributed by atoms with van der Waals surface area (Å²) < 4.78 is 5.24. The average molecular weight is 339 g/mol. The predicted molar refractivity (Wildman–Crippen MR) is 76.9 cm³/mol. The number of nitro benzene ring substituents is 1. The van der Waals surface area contributed by atoms with Gasteiger partial charge in [-0.1, -0.05) is 0 Å². The lowest BCUT2D eigenvalue weighted by molar-refractivity contribution is -0.384. The Bertz CT molecular complexity index is 694. The van der Waals surface area contributed by atoms with Gasteiger partial charge in [-0.3, -0.25) is 14.9 Å². The summed E-state index contributed by atoms with van der Waals surface area (Å²) in [6, 6.07) is 4.50. The molecule has 0 bridgehead atoms. The van der Waals surface area contributed by atoms with Crippen molar-refractivity contribution in [2.45, 2.75) is 13.8 Å². The molecule has 0 radical (unpaired) electrons. The lowest BCUT2D eigenvalue weighted by atomic mass is 10.1. The number of nitro groups is 1. The van der Waals surface area contributed by atoms with Gasteiger partial charge >= 0.3 is 0 Å². The van der Waals surface area contributed by atoms with Gasteiger partial charge in [0, 0.05) is 6.07 Å². The fraction of sp³-hybridized carbons (Fsp3) is 0.154. The van der Waals surface area contributed by atoms with E-state index in [9.17, 15) is 14.9 Å². The maximum atomic E-state index is 12.0. The minimum atomic E-state index is -0.521. The maximum absolute atomic E-state index is 12.0. The van der Waals surface area contributed by atoms with E-state index in [1.54, 1.807) is 13.0 Å². The first kappa shape index (κ1) is 14.3. The number of nitrogens with one attached hydrogen (secondary N) is 1.